The molecule has 0 unspecified atom stereocenters. The number of benzene rings is 2. The SMILES string of the molecule is N#CCCn1nnnc1C=Cc1ccc(C(F)(F)F)cc1NS(=O)(=O)c1ccccc1. The Bertz CT molecular complexity index is 1230. The van der Waals surface area contributed by atoms with Crippen LogP contribution < -0.4 is 4.72 Å². The highest BCUT2D eigenvalue weighted by molar-refractivity contribution is 7.92. The fourth-order valence-electron chi connectivity index (χ4n) is 2.58. The molecule has 31 heavy (non-hydrogen) atoms. The van der Waals surface area contributed by atoms with Crippen LogP contribution in [0, 0.1) is 11.3 Å². The van der Waals surface area contributed by atoms with Crippen molar-refractivity contribution in [3.8, 4) is 6.07 Å². The van der Waals surface area contributed by atoms with Crippen LogP contribution >= 0.6 is 0 Å². The summed E-state index contributed by atoms with van der Waals surface area (Å²) in [5, 5.41) is 19.7. The van der Waals surface area contributed by atoms with Crippen molar-refractivity contribution >= 4 is 27.9 Å². The van der Waals surface area contributed by atoms with Gasteiger partial charge in [0.05, 0.1) is 35.2 Å². The fraction of sp³-hybridized carbons (Fsp3) is 0.158. The minimum atomic E-state index is -4.66. The van der Waals surface area contributed by atoms with Gasteiger partial charge in [-0.1, -0.05) is 24.3 Å². The summed E-state index contributed by atoms with van der Waals surface area (Å²) < 4.78 is 68.4. The maximum Gasteiger partial charge on any atom is 0.416 e. The number of sulfonamides is 1. The lowest BCUT2D eigenvalue weighted by molar-refractivity contribution is -0.137. The van der Waals surface area contributed by atoms with Crippen molar-refractivity contribution in [2.45, 2.75) is 24.0 Å². The van der Waals surface area contributed by atoms with Crippen molar-refractivity contribution < 1.29 is 21.6 Å². The molecule has 0 aliphatic carbocycles. The molecule has 160 valence electrons. The Balaban J connectivity index is 1.99. The molecule has 0 saturated heterocycles. The average molecular weight is 448 g/mol. The number of aromatic nitrogens is 4. The Morgan fingerprint density at radius 1 is 1.13 bits per heavy atom. The van der Waals surface area contributed by atoms with E-state index >= 15 is 0 Å². The van der Waals surface area contributed by atoms with Crippen molar-refractivity contribution in [3.05, 3.63) is 65.5 Å². The average Bonchev–Trinajstić information content (AvgIpc) is 3.18. The number of hydrogen-bond donors (Lipinski definition) is 1. The van der Waals surface area contributed by atoms with Gasteiger partial charge in [0.1, 0.15) is 0 Å². The minimum absolute atomic E-state index is 0.0946. The molecule has 0 aliphatic heterocycles. The van der Waals surface area contributed by atoms with E-state index in [1.165, 1.54) is 41.1 Å². The maximum absolute atomic E-state index is 13.2. The van der Waals surface area contributed by atoms with E-state index in [0.29, 0.717) is 0 Å². The molecule has 1 aromatic heterocycles. The number of alkyl halides is 3. The third kappa shape index (κ3) is 5.46. The number of aryl methyl sites for hydroxylation is 1. The van der Waals surface area contributed by atoms with Crippen molar-refractivity contribution in [3.63, 3.8) is 0 Å². The van der Waals surface area contributed by atoms with Gasteiger partial charge >= 0.3 is 6.18 Å². The van der Waals surface area contributed by atoms with Gasteiger partial charge in [-0.3, -0.25) is 4.72 Å². The lowest BCUT2D eigenvalue weighted by Crippen LogP contribution is -2.15. The first kappa shape index (κ1) is 22.0. The van der Waals surface area contributed by atoms with Crippen LogP contribution in [-0.4, -0.2) is 28.6 Å². The zero-order valence-corrected chi connectivity index (χ0v) is 16.6. The predicted octanol–water partition coefficient (Wildman–Crippen LogP) is 3.58. The smallest absolute Gasteiger partial charge is 0.279 e. The number of tetrazole rings is 1. The molecule has 0 amide bonds. The second kappa shape index (κ2) is 8.97. The Hall–Kier alpha value is -3.72. The molecule has 0 bridgehead atoms. The largest absolute Gasteiger partial charge is 0.416 e. The molecule has 0 fully saturated rings. The van der Waals surface area contributed by atoms with Gasteiger partial charge in [-0.25, -0.2) is 13.1 Å². The molecule has 0 radical (unpaired) electrons. The molecule has 0 saturated carbocycles. The summed E-state index contributed by atoms with van der Waals surface area (Å²) >= 11 is 0. The lowest BCUT2D eigenvalue weighted by Gasteiger charge is -2.14. The Morgan fingerprint density at radius 3 is 2.55 bits per heavy atom. The maximum atomic E-state index is 13.2. The first-order valence-electron chi connectivity index (χ1n) is 8.81. The van der Waals surface area contributed by atoms with E-state index < -0.39 is 21.8 Å². The van der Waals surface area contributed by atoms with Crippen LogP contribution in [0.3, 0.4) is 0 Å². The van der Waals surface area contributed by atoms with E-state index in [-0.39, 0.29) is 34.9 Å². The van der Waals surface area contributed by atoms with Gasteiger partial charge in [0.15, 0.2) is 5.82 Å². The molecule has 0 aliphatic rings. The predicted molar refractivity (Wildman–Crippen MR) is 106 cm³/mol. The molecule has 12 heteroatoms. The highest BCUT2D eigenvalue weighted by Crippen LogP contribution is 2.33. The molecule has 3 aromatic rings. The number of rotatable bonds is 7. The number of hydrogen-bond acceptors (Lipinski definition) is 6. The number of halogens is 3. The summed E-state index contributed by atoms with van der Waals surface area (Å²) in [6.45, 7) is 0.226. The Morgan fingerprint density at radius 2 is 1.87 bits per heavy atom. The molecule has 1 N–H and O–H groups in total. The van der Waals surface area contributed by atoms with Gasteiger partial charge in [0.2, 0.25) is 0 Å². The first-order chi connectivity index (χ1) is 14.7. The Labute approximate surface area is 175 Å². The van der Waals surface area contributed by atoms with Crippen LogP contribution in [0.25, 0.3) is 12.2 Å². The molecule has 2 aromatic carbocycles. The van der Waals surface area contributed by atoms with E-state index in [1.54, 1.807) is 6.07 Å². The number of nitrogens with one attached hydrogen (secondary N) is 1. The van der Waals surface area contributed by atoms with Crippen LogP contribution in [0.2, 0.25) is 0 Å². The molecule has 0 spiro atoms. The van der Waals surface area contributed by atoms with Crippen molar-refractivity contribution in [1.82, 2.24) is 20.2 Å². The molecule has 1 heterocycles. The van der Waals surface area contributed by atoms with E-state index in [2.05, 4.69) is 20.2 Å². The van der Waals surface area contributed by atoms with Gasteiger partial charge < -0.3 is 0 Å². The van der Waals surface area contributed by atoms with E-state index in [9.17, 15) is 21.6 Å². The second-order valence-corrected chi connectivity index (χ2v) is 7.90. The fourth-order valence-corrected chi connectivity index (χ4v) is 3.68. The van der Waals surface area contributed by atoms with Crippen LogP contribution in [0.1, 0.15) is 23.4 Å². The van der Waals surface area contributed by atoms with E-state index in [1.807, 2.05) is 6.07 Å². The monoisotopic (exact) mass is 448 g/mol. The highest BCUT2D eigenvalue weighted by Gasteiger charge is 2.31. The topological polar surface area (TPSA) is 114 Å². The number of anilines is 1. The van der Waals surface area contributed by atoms with Gasteiger partial charge in [-0.15, -0.1) is 5.10 Å². The van der Waals surface area contributed by atoms with Crippen LogP contribution in [0.15, 0.2) is 53.4 Å². The molecule has 8 nitrogen and oxygen atoms in total. The summed E-state index contributed by atoms with van der Waals surface area (Å²) in [7, 11) is -4.12. The zero-order valence-electron chi connectivity index (χ0n) is 15.8. The summed E-state index contributed by atoms with van der Waals surface area (Å²) in [6, 6.07) is 11.9. The summed E-state index contributed by atoms with van der Waals surface area (Å²) in [5.74, 6) is 0.256. The van der Waals surface area contributed by atoms with Crippen molar-refractivity contribution in [2.75, 3.05) is 4.72 Å². The van der Waals surface area contributed by atoms with Crippen LogP contribution in [-0.2, 0) is 22.7 Å². The van der Waals surface area contributed by atoms with E-state index in [0.717, 1.165) is 18.2 Å². The van der Waals surface area contributed by atoms with Crippen LogP contribution in [0.5, 0.6) is 0 Å². The standard InChI is InChI=1S/C19H15F3N6O2S/c20-19(21,22)15-9-7-14(8-10-18-24-26-27-28(18)12-4-11-23)17(13-15)25-31(29,30)16-5-2-1-3-6-16/h1-3,5-10,13,25H,4,12H2. The van der Waals surface area contributed by atoms with Crippen LogP contribution in [0.4, 0.5) is 18.9 Å². The quantitative estimate of drug-likeness (QED) is 0.591. The molecular formula is C19H15F3N6O2S. The van der Waals surface area contributed by atoms with Crippen molar-refractivity contribution in [1.29, 1.82) is 5.26 Å². The van der Waals surface area contributed by atoms with Gasteiger partial charge in [0.25, 0.3) is 10.0 Å². The summed E-state index contributed by atoms with van der Waals surface area (Å²) in [5.41, 5.74) is -1.09. The second-order valence-electron chi connectivity index (χ2n) is 6.22. The summed E-state index contributed by atoms with van der Waals surface area (Å²) in [6.07, 6.45) is -1.69. The molecular weight excluding hydrogens is 433 g/mol. The minimum Gasteiger partial charge on any atom is -0.279 e. The lowest BCUT2D eigenvalue weighted by atomic mass is 10.1. The normalized spacial score (nSPS) is 12.1. The highest BCUT2D eigenvalue weighted by atomic mass is 32.2. The number of nitriles is 1. The number of nitrogens with zero attached hydrogens (tertiary/aromatic N) is 5. The third-order valence-corrected chi connectivity index (χ3v) is 5.47. The van der Waals surface area contributed by atoms with Crippen molar-refractivity contribution in [2.24, 2.45) is 0 Å². The van der Waals surface area contributed by atoms with E-state index in [4.69, 9.17) is 5.26 Å². The molecule has 0 atom stereocenters. The first-order valence-corrected chi connectivity index (χ1v) is 10.3. The van der Waals surface area contributed by atoms with Gasteiger partial charge in [-0.05, 0) is 52.4 Å². The van der Waals surface area contributed by atoms with Gasteiger partial charge in [-0.2, -0.15) is 18.4 Å². The summed E-state index contributed by atoms with van der Waals surface area (Å²) in [4.78, 5) is -0.0946. The third-order valence-electron chi connectivity index (χ3n) is 4.09. The molecule has 3 rings (SSSR count). The Kier molecular flexibility index (Phi) is 6.36. The zero-order chi connectivity index (χ0) is 22.5. The van der Waals surface area contributed by atoms with Gasteiger partial charge in [0, 0.05) is 0 Å².